The lowest BCUT2D eigenvalue weighted by Crippen LogP contribution is -2.44. The second-order valence-electron chi connectivity index (χ2n) is 13.0. The monoisotopic (exact) mass is 669 g/mol. The van der Waals surface area contributed by atoms with Crippen molar-refractivity contribution in [3.05, 3.63) is 53.6 Å². The van der Waals surface area contributed by atoms with Crippen molar-refractivity contribution in [3.8, 4) is 23.0 Å². The highest BCUT2D eigenvalue weighted by Gasteiger charge is 2.49. The summed E-state index contributed by atoms with van der Waals surface area (Å²) < 4.78 is 77.9. The van der Waals surface area contributed by atoms with Crippen molar-refractivity contribution in [1.82, 2.24) is 24.8 Å². The van der Waals surface area contributed by atoms with Gasteiger partial charge in [-0.3, -0.25) is 9.88 Å². The van der Waals surface area contributed by atoms with E-state index in [4.69, 9.17) is 19.2 Å². The van der Waals surface area contributed by atoms with E-state index < -0.39 is 35.3 Å². The normalized spacial score (nSPS) is 24.4. The SMILES string of the molecule is COCOc1cc(-c2ncc3c(C4CCN(C(=O)O)[C@@H](C)C4)nc(OC[C@@]45CCCN4C[C@H](F)C5)nc3c2F)c2c(F)c(F)ccc2c1. The number of carboxylic acid groups (broad SMARTS) is 1. The summed E-state index contributed by atoms with van der Waals surface area (Å²) in [4.78, 5) is 28.8. The molecule has 3 aliphatic heterocycles. The van der Waals surface area contributed by atoms with Gasteiger partial charge in [-0.25, -0.2) is 22.4 Å². The third kappa shape index (κ3) is 5.64. The van der Waals surface area contributed by atoms with Crippen molar-refractivity contribution in [2.24, 2.45) is 0 Å². The minimum atomic E-state index is -1.17. The van der Waals surface area contributed by atoms with Gasteiger partial charge in [0.15, 0.2) is 24.2 Å². The Hall–Kier alpha value is -4.30. The van der Waals surface area contributed by atoms with E-state index in [0.717, 1.165) is 25.5 Å². The zero-order valence-electron chi connectivity index (χ0n) is 26.5. The number of benzene rings is 2. The number of alkyl halides is 1. The molecular weight excluding hydrogens is 634 g/mol. The van der Waals surface area contributed by atoms with Crippen molar-refractivity contribution < 1.29 is 41.7 Å². The lowest BCUT2D eigenvalue weighted by molar-refractivity contribution is 0.0512. The molecule has 4 atom stereocenters. The van der Waals surface area contributed by atoms with Gasteiger partial charge in [0, 0.05) is 61.1 Å². The van der Waals surface area contributed by atoms with Crippen LogP contribution in [0.2, 0.25) is 0 Å². The van der Waals surface area contributed by atoms with Gasteiger partial charge >= 0.3 is 12.1 Å². The number of carbonyl (C=O) groups is 1. The number of amides is 1. The highest BCUT2D eigenvalue weighted by atomic mass is 19.2. The molecular formula is C34H35F4N5O5. The second-order valence-corrected chi connectivity index (χ2v) is 13.0. The number of rotatable bonds is 8. The Kier molecular flexibility index (Phi) is 8.48. The first-order valence-corrected chi connectivity index (χ1v) is 16.0. The van der Waals surface area contributed by atoms with E-state index in [2.05, 4.69) is 14.9 Å². The first-order chi connectivity index (χ1) is 23.1. The number of piperidine rings is 1. The molecule has 2 aromatic carbocycles. The largest absolute Gasteiger partial charge is 0.468 e. The molecule has 5 heterocycles. The van der Waals surface area contributed by atoms with Crippen molar-refractivity contribution in [2.45, 2.75) is 62.7 Å². The second kappa shape index (κ2) is 12.6. The predicted octanol–water partition coefficient (Wildman–Crippen LogP) is 6.45. The Bertz CT molecular complexity index is 1900. The molecule has 10 nitrogen and oxygen atoms in total. The maximum atomic E-state index is 16.8. The molecule has 14 heteroatoms. The quantitative estimate of drug-likeness (QED) is 0.167. The summed E-state index contributed by atoms with van der Waals surface area (Å²) in [6.07, 6.45) is 2.20. The zero-order chi connectivity index (χ0) is 33.7. The van der Waals surface area contributed by atoms with Crippen molar-refractivity contribution in [2.75, 3.05) is 40.1 Å². The number of hydrogen-bond acceptors (Lipinski definition) is 8. The molecule has 1 amide bonds. The summed E-state index contributed by atoms with van der Waals surface area (Å²) in [6, 6.07) is 4.76. The Labute approximate surface area is 273 Å². The average molecular weight is 670 g/mol. The van der Waals surface area contributed by atoms with Gasteiger partial charge in [-0.1, -0.05) is 6.07 Å². The van der Waals surface area contributed by atoms with E-state index in [1.807, 2.05) is 0 Å². The van der Waals surface area contributed by atoms with Gasteiger partial charge in [0.2, 0.25) is 0 Å². The molecule has 4 aromatic rings. The van der Waals surface area contributed by atoms with Gasteiger partial charge in [-0.2, -0.15) is 9.97 Å². The first-order valence-electron chi connectivity index (χ1n) is 16.0. The first kappa shape index (κ1) is 32.3. The average Bonchev–Trinajstić information content (AvgIpc) is 3.59. The van der Waals surface area contributed by atoms with Crippen LogP contribution in [-0.4, -0.2) is 93.8 Å². The van der Waals surface area contributed by atoms with E-state index >= 15 is 8.78 Å². The number of fused-ring (bicyclic) bond motifs is 3. The van der Waals surface area contributed by atoms with Gasteiger partial charge in [-0.05, 0) is 62.7 Å². The fraction of sp³-hybridized carbons (Fsp3) is 0.471. The minimum absolute atomic E-state index is 0.0542. The van der Waals surface area contributed by atoms with Gasteiger partial charge in [-0.15, -0.1) is 0 Å². The van der Waals surface area contributed by atoms with Crippen molar-refractivity contribution >= 4 is 27.8 Å². The van der Waals surface area contributed by atoms with E-state index in [1.54, 1.807) is 6.92 Å². The third-order valence-electron chi connectivity index (χ3n) is 10.0. The summed E-state index contributed by atoms with van der Waals surface area (Å²) in [7, 11) is 1.43. The van der Waals surface area contributed by atoms with Crippen molar-refractivity contribution in [3.63, 3.8) is 0 Å². The van der Waals surface area contributed by atoms with Gasteiger partial charge in [0.25, 0.3) is 0 Å². The van der Waals surface area contributed by atoms with E-state index in [0.29, 0.717) is 31.5 Å². The molecule has 254 valence electrons. The van der Waals surface area contributed by atoms with Crippen LogP contribution in [-0.2, 0) is 4.74 Å². The molecule has 1 N–H and O–H groups in total. The molecule has 7 rings (SSSR count). The number of ether oxygens (including phenoxy) is 3. The lowest BCUT2D eigenvalue weighted by atomic mass is 9.87. The van der Waals surface area contributed by atoms with Crippen LogP contribution >= 0.6 is 0 Å². The number of nitrogens with zero attached hydrogens (tertiary/aromatic N) is 5. The summed E-state index contributed by atoms with van der Waals surface area (Å²) in [5.74, 6) is -3.24. The maximum absolute atomic E-state index is 16.8. The zero-order valence-corrected chi connectivity index (χ0v) is 26.5. The van der Waals surface area contributed by atoms with Crippen molar-refractivity contribution in [1.29, 1.82) is 0 Å². The molecule has 2 aromatic heterocycles. The topological polar surface area (TPSA) is 110 Å². The fourth-order valence-electron chi connectivity index (χ4n) is 7.74. The highest BCUT2D eigenvalue weighted by Crippen LogP contribution is 2.42. The Morgan fingerprint density at radius 3 is 2.73 bits per heavy atom. The van der Waals surface area contributed by atoms with Crippen LogP contribution in [0.1, 0.15) is 50.6 Å². The summed E-state index contributed by atoms with van der Waals surface area (Å²) >= 11 is 0. The Balaban J connectivity index is 1.36. The number of pyridine rings is 1. The molecule has 48 heavy (non-hydrogen) atoms. The number of methoxy groups -OCH3 is 1. The molecule has 0 radical (unpaired) electrons. The lowest BCUT2D eigenvalue weighted by Gasteiger charge is -2.36. The van der Waals surface area contributed by atoms with E-state index in [1.165, 1.54) is 36.4 Å². The third-order valence-corrected chi connectivity index (χ3v) is 10.0. The Morgan fingerprint density at radius 1 is 1.12 bits per heavy atom. The van der Waals surface area contributed by atoms with Crippen LogP contribution in [0.15, 0.2) is 30.5 Å². The summed E-state index contributed by atoms with van der Waals surface area (Å²) in [5.41, 5.74) is -0.552. The molecule has 3 fully saturated rings. The van der Waals surface area contributed by atoms with Crippen LogP contribution in [0.5, 0.6) is 11.8 Å². The molecule has 0 saturated carbocycles. The fourth-order valence-corrected chi connectivity index (χ4v) is 7.74. The molecule has 3 saturated heterocycles. The van der Waals surface area contributed by atoms with Gasteiger partial charge in [0.1, 0.15) is 29.7 Å². The van der Waals surface area contributed by atoms with Crippen LogP contribution < -0.4 is 9.47 Å². The number of hydrogen-bond donors (Lipinski definition) is 1. The van der Waals surface area contributed by atoms with Crippen LogP contribution in [0.25, 0.3) is 32.9 Å². The maximum Gasteiger partial charge on any atom is 0.407 e. The molecule has 1 unspecified atom stereocenters. The predicted molar refractivity (Wildman–Crippen MR) is 167 cm³/mol. The molecule has 0 bridgehead atoms. The number of likely N-dealkylation sites (tertiary alicyclic amines) is 1. The highest BCUT2D eigenvalue weighted by molar-refractivity contribution is 5.99. The number of aromatic nitrogens is 3. The molecule has 3 aliphatic rings. The molecule has 0 aliphatic carbocycles. The summed E-state index contributed by atoms with van der Waals surface area (Å²) in [6.45, 7) is 3.11. The van der Waals surface area contributed by atoms with Crippen LogP contribution in [0.4, 0.5) is 22.4 Å². The van der Waals surface area contributed by atoms with Gasteiger partial charge in [0.05, 0.1) is 11.2 Å². The van der Waals surface area contributed by atoms with Gasteiger partial charge < -0.3 is 24.2 Å². The number of halogens is 4. The molecule has 0 spiro atoms. The van der Waals surface area contributed by atoms with E-state index in [9.17, 15) is 18.7 Å². The van der Waals surface area contributed by atoms with E-state index in [-0.39, 0.29) is 76.6 Å². The van der Waals surface area contributed by atoms with Crippen LogP contribution in [0.3, 0.4) is 0 Å². The summed E-state index contributed by atoms with van der Waals surface area (Å²) in [5, 5.41) is 9.99. The smallest absolute Gasteiger partial charge is 0.407 e. The standard InChI is InChI=1S/C34H35F4N5O5/c1-18-10-20(6-9-43(18)33(44)45)29-24-14-39-30(23-12-22(48-17-46-2)11-19-4-5-25(36)27(37)26(19)23)28(38)31(24)41-32(40-29)47-16-34-7-3-8-42(34)15-21(35)13-34/h4-5,11-12,14,18,20-21H,3,6-10,13,15-17H2,1-2H3,(H,44,45)/t18-,20?,21+,34-/m0/s1. The van der Waals surface area contributed by atoms with Crippen LogP contribution in [0, 0.1) is 17.5 Å². The minimum Gasteiger partial charge on any atom is -0.468 e. The Morgan fingerprint density at radius 2 is 1.96 bits per heavy atom.